The molecule has 118 valence electrons. The van der Waals surface area contributed by atoms with E-state index in [2.05, 4.69) is 26.1 Å². The second kappa shape index (κ2) is 7.07. The monoisotopic (exact) mass is 317 g/mol. The molecule has 0 aliphatic rings. The zero-order valence-corrected chi connectivity index (χ0v) is 14.1. The molecule has 2 rings (SSSR count). The summed E-state index contributed by atoms with van der Waals surface area (Å²) >= 11 is 1.53. The van der Waals surface area contributed by atoms with Crippen molar-refractivity contribution in [3.8, 4) is 0 Å². The molecule has 0 saturated carbocycles. The predicted octanol–water partition coefficient (Wildman–Crippen LogP) is 3.90. The molecule has 2 N–H and O–H groups in total. The number of hydrogen-bond acceptors (Lipinski definition) is 3. The number of aliphatic hydroxyl groups excluding tert-OH is 1. The first-order chi connectivity index (χ1) is 10.4. The van der Waals surface area contributed by atoms with E-state index in [4.69, 9.17) is 0 Å². The lowest BCUT2D eigenvalue weighted by molar-refractivity contribution is 0.0943. The molecule has 3 nitrogen and oxygen atoms in total. The fourth-order valence-corrected chi connectivity index (χ4v) is 2.92. The molecule has 1 heterocycles. The summed E-state index contributed by atoms with van der Waals surface area (Å²) in [6.07, 6.45) is 0.00958. The van der Waals surface area contributed by atoms with Crippen molar-refractivity contribution < 1.29 is 9.90 Å². The van der Waals surface area contributed by atoms with Crippen molar-refractivity contribution in [3.05, 3.63) is 57.8 Å². The van der Waals surface area contributed by atoms with Crippen LogP contribution in [0.5, 0.6) is 0 Å². The average molecular weight is 317 g/mol. The summed E-state index contributed by atoms with van der Waals surface area (Å²) in [5.41, 5.74) is 1.94. The molecule has 1 aromatic heterocycles. The number of carbonyl (C=O) groups excluding carboxylic acids is 1. The first kappa shape index (κ1) is 16.7. The van der Waals surface area contributed by atoms with Gasteiger partial charge in [0.25, 0.3) is 5.91 Å². The van der Waals surface area contributed by atoms with Gasteiger partial charge < -0.3 is 10.4 Å². The van der Waals surface area contributed by atoms with Crippen molar-refractivity contribution >= 4 is 17.2 Å². The van der Waals surface area contributed by atoms with Gasteiger partial charge in [-0.3, -0.25) is 4.79 Å². The molecule has 0 bridgehead atoms. The Balaban J connectivity index is 1.85. The normalized spacial score (nSPS) is 12.9. The fourth-order valence-electron chi connectivity index (χ4n) is 2.17. The van der Waals surface area contributed by atoms with E-state index in [9.17, 15) is 9.90 Å². The van der Waals surface area contributed by atoms with Crippen LogP contribution >= 0.6 is 11.3 Å². The standard InChI is InChI=1S/C18H23NO2S/c1-18(2,3)14-8-6-13(7-9-14)17(21)19-11-10-15(20)16-5-4-12-22-16/h4-9,12,15,20H,10-11H2,1-3H3,(H,19,21). The summed E-state index contributed by atoms with van der Waals surface area (Å²) in [5, 5.41) is 14.8. The first-order valence-electron chi connectivity index (χ1n) is 7.48. The lowest BCUT2D eigenvalue weighted by Crippen LogP contribution is -2.25. The third-order valence-corrected chi connectivity index (χ3v) is 4.56. The number of thiophene rings is 1. The van der Waals surface area contributed by atoms with Gasteiger partial charge in [0.15, 0.2) is 0 Å². The molecule has 0 fully saturated rings. The SMILES string of the molecule is CC(C)(C)c1ccc(C(=O)NCCC(O)c2cccs2)cc1. The summed E-state index contributed by atoms with van der Waals surface area (Å²) in [7, 11) is 0. The zero-order chi connectivity index (χ0) is 16.2. The molecule has 1 amide bonds. The van der Waals surface area contributed by atoms with E-state index in [1.807, 2.05) is 41.8 Å². The number of rotatable bonds is 5. The van der Waals surface area contributed by atoms with Crippen LogP contribution in [-0.4, -0.2) is 17.6 Å². The van der Waals surface area contributed by atoms with Crippen molar-refractivity contribution in [3.63, 3.8) is 0 Å². The van der Waals surface area contributed by atoms with E-state index in [1.54, 1.807) is 0 Å². The van der Waals surface area contributed by atoms with Crippen molar-refractivity contribution in [1.29, 1.82) is 0 Å². The Kier molecular flexibility index (Phi) is 5.37. The number of nitrogens with one attached hydrogen (secondary N) is 1. The largest absolute Gasteiger partial charge is 0.388 e. The van der Waals surface area contributed by atoms with E-state index in [0.29, 0.717) is 18.5 Å². The maximum Gasteiger partial charge on any atom is 0.251 e. The quantitative estimate of drug-likeness (QED) is 0.878. The summed E-state index contributed by atoms with van der Waals surface area (Å²) in [6.45, 7) is 6.90. The van der Waals surface area contributed by atoms with Crippen molar-refractivity contribution in [1.82, 2.24) is 5.32 Å². The van der Waals surface area contributed by atoms with Crippen LogP contribution in [0.15, 0.2) is 41.8 Å². The summed E-state index contributed by atoms with van der Waals surface area (Å²) in [6, 6.07) is 11.5. The van der Waals surface area contributed by atoms with E-state index < -0.39 is 6.10 Å². The van der Waals surface area contributed by atoms with Gasteiger partial charge in [-0.25, -0.2) is 0 Å². The molecular formula is C18H23NO2S. The Bertz CT molecular complexity index is 597. The Morgan fingerprint density at radius 2 is 1.91 bits per heavy atom. The van der Waals surface area contributed by atoms with E-state index >= 15 is 0 Å². The number of hydrogen-bond donors (Lipinski definition) is 2. The van der Waals surface area contributed by atoms with Gasteiger partial charge in [-0.1, -0.05) is 39.0 Å². The predicted molar refractivity (Wildman–Crippen MR) is 91.4 cm³/mol. The Hall–Kier alpha value is -1.65. The minimum Gasteiger partial charge on any atom is -0.388 e. The smallest absolute Gasteiger partial charge is 0.251 e. The van der Waals surface area contributed by atoms with E-state index in [0.717, 1.165) is 4.88 Å². The molecule has 2 aromatic rings. The topological polar surface area (TPSA) is 49.3 Å². The number of carbonyl (C=O) groups is 1. The second-order valence-electron chi connectivity index (χ2n) is 6.40. The number of amides is 1. The van der Waals surface area contributed by atoms with Crippen LogP contribution in [0.25, 0.3) is 0 Å². The summed E-state index contributed by atoms with van der Waals surface area (Å²) in [4.78, 5) is 13.0. The maximum atomic E-state index is 12.1. The van der Waals surface area contributed by atoms with Crippen LogP contribution < -0.4 is 5.32 Å². The first-order valence-corrected chi connectivity index (χ1v) is 8.36. The van der Waals surface area contributed by atoms with E-state index in [-0.39, 0.29) is 11.3 Å². The van der Waals surface area contributed by atoms with Crippen LogP contribution in [0.2, 0.25) is 0 Å². The van der Waals surface area contributed by atoms with Crippen molar-refractivity contribution in [2.45, 2.75) is 38.7 Å². The number of aliphatic hydroxyl groups is 1. The molecule has 1 unspecified atom stereocenters. The van der Waals surface area contributed by atoms with E-state index in [1.165, 1.54) is 16.9 Å². The van der Waals surface area contributed by atoms with Crippen molar-refractivity contribution in [2.24, 2.45) is 0 Å². The van der Waals surface area contributed by atoms with Crippen LogP contribution in [-0.2, 0) is 5.41 Å². The Morgan fingerprint density at radius 3 is 2.45 bits per heavy atom. The molecule has 0 radical (unpaired) electrons. The van der Waals surface area contributed by atoms with Gasteiger partial charge in [0.2, 0.25) is 0 Å². The van der Waals surface area contributed by atoms with Gasteiger partial charge in [0.1, 0.15) is 0 Å². The van der Waals surface area contributed by atoms with Gasteiger partial charge >= 0.3 is 0 Å². The molecule has 0 saturated heterocycles. The molecule has 22 heavy (non-hydrogen) atoms. The molecule has 4 heteroatoms. The third-order valence-electron chi connectivity index (χ3n) is 3.59. The summed E-state index contributed by atoms with van der Waals surface area (Å²) < 4.78 is 0. The summed E-state index contributed by atoms with van der Waals surface area (Å²) in [5.74, 6) is -0.0983. The number of benzene rings is 1. The Morgan fingerprint density at radius 1 is 1.23 bits per heavy atom. The fraction of sp³-hybridized carbons (Fsp3) is 0.389. The van der Waals surface area contributed by atoms with Crippen molar-refractivity contribution in [2.75, 3.05) is 6.54 Å². The average Bonchev–Trinajstić information content (AvgIpc) is 3.00. The highest BCUT2D eigenvalue weighted by molar-refractivity contribution is 7.10. The lowest BCUT2D eigenvalue weighted by Gasteiger charge is -2.19. The minimum atomic E-state index is -0.511. The van der Waals surface area contributed by atoms with Gasteiger partial charge in [-0.15, -0.1) is 11.3 Å². The van der Waals surface area contributed by atoms with Crippen LogP contribution in [0.4, 0.5) is 0 Å². The van der Waals surface area contributed by atoms with Crippen LogP contribution in [0, 0.1) is 0 Å². The van der Waals surface area contributed by atoms with Gasteiger partial charge in [-0.2, -0.15) is 0 Å². The van der Waals surface area contributed by atoms with Gasteiger partial charge in [0.05, 0.1) is 6.10 Å². The molecule has 1 aromatic carbocycles. The highest BCUT2D eigenvalue weighted by atomic mass is 32.1. The lowest BCUT2D eigenvalue weighted by atomic mass is 9.87. The highest BCUT2D eigenvalue weighted by Crippen LogP contribution is 2.22. The molecule has 1 atom stereocenters. The highest BCUT2D eigenvalue weighted by Gasteiger charge is 2.14. The maximum absolute atomic E-state index is 12.1. The van der Waals surface area contributed by atoms with Crippen LogP contribution in [0.1, 0.15) is 54.1 Å². The van der Waals surface area contributed by atoms with Gasteiger partial charge in [-0.05, 0) is 41.0 Å². The molecule has 0 aliphatic heterocycles. The second-order valence-corrected chi connectivity index (χ2v) is 7.38. The molecule has 0 aliphatic carbocycles. The van der Waals surface area contributed by atoms with Crippen LogP contribution in [0.3, 0.4) is 0 Å². The minimum absolute atomic E-state index is 0.0832. The molecular weight excluding hydrogens is 294 g/mol. The Labute approximate surface area is 136 Å². The van der Waals surface area contributed by atoms with Gasteiger partial charge in [0, 0.05) is 17.0 Å². The zero-order valence-electron chi connectivity index (χ0n) is 13.3. The molecule has 0 spiro atoms. The third kappa shape index (κ3) is 4.42.